The van der Waals surface area contributed by atoms with E-state index in [1.165, 1.54) is 0 Å². The lowest BCUT2D eigenvalue weighted by atomic mass is 9.84. The minimum Gasteiger partial charge on any atom is -0.348 e. The van der Waals surface area contributed by atoms with Crippen molar-refractivity contribution in [1.29, 1.82) is 0 Å². The summed E-state index contributed by atoms with van der Waals surface area (Å²) in [6.07, 6.45) is 3.09. The van der Waals surface area contributed by atoms with Crippen LogP contribution >= 0.6 is 0 Å². The maximum Gasteiger partial charge on any atom is 0.237 e. The summed E-state index contributed by atoms with van der Waals surface area (Å²) >= 11 is 0. The Labute approximate surface area is 142 Å². The molecule has 134 valence electrons. The van der Waals surface area contributed by atoms with Gasteiger partial charge in [-0.1, -0.05) is 13.8 Å². The van der Waals surface area contributed by atoms with Crippen LogP contribution in [-0.4, -0.2) is 65.5 Å². The van der Waals surface area contributed by atoms with Gasteiger partial charge in [0, 0.05) is 19.6 Å². The van der Waals surface area contributed by atoms with Crippen molar-refractivity contribution < 1.29 is 14.0 Å². The number of amides is 2. The molecule has 24 heavy (non-hydrogen) atoms. The highest BCUT2D eigenvalue weighted by molar-refractivity contribution is 5.84. The smallest absolute Gasteiger partial charge is 0.237 e. The number of rotatable bonds is 4. The molecule has 2 heterocycles. The second-order valence-corrected chi connectivity index (χ2v) is 9.06. The van der Waals surface area contributed by atoms with Crippen molar-refractivity contribution in [2.75, 3.05) is 26.2 Å². The fourth-order valence-corrected chi connectivity index (χ4v) is 5.11. The highest BCUT2D eigenvalue weighted by atomic mass is 19.1. The summed E-state index contributed by atoms with van der Waals surface area (Å²) < 4.78 is 13.2. The molecule has 4 aliphatic rings. The summed E-state index contributed by atoms with van der Waals surface area (Å²) in [5.74, 6) is -0.412. The Bertz CT molecular complexity index is 558. The Morgan fingerprint density at radius 3 is 2.58 bits per heavy atom. The molecule has 2 amide bonds. The number of fused-ring (bicyclic) bond motifs is 1. The van der Waals surface area contributed by atoms with Crippen molar-refractivity contribution in [3.05, 3.63) is 0 Å². The van der Waals surface area contributed by atoms with E-state index >= 15 is 0 Å². The molecule has 2 saturated heterocycles. The molecule has 4 fully saturated rings. The number of halogens is 1. The largest absolute Gasteiger partial charge is 0.348 e. The van der Waals surface area contributed by atoms with Crippen molar-refractivity contribution in [1.82, 2.24) is 15.1 Å². The van der Waals surface area contributed by atoms with Crippen LogP contribution in [0.4, 0.5) is 4.39 Å². The summed E-state index contributed by atoms with van der Waals surface area (Å²) in [6.45, 7) is 7.58. The lowest BCUT2D eigenvalue weighted by molar-refractivity contribution is -0.137. The number of carbonyl (C=O) groups is 2. The zero-order valence-electron chi connectivity index (χ0n) is 14.7. The van der Waals surface area contributed by atoms with Gasteiger partial charge < -0.3 is 10.2 Å². The Morgan fingerprint density at radius 2 is 1.96 bits per heavy atom. The van der Waals surface area contributed by atoms with E-state index in [0.717, 1.165) is 38.8 Å². The van der Waals surface area contributed by atoms with Crippen LogP contribution in [-0.2, 0) is 9.59 Å². The number of nitrogens with one attached hydrogen (secondary N) is 1. The van der Waals surface area contributed by atoms with Crippen molar-refractivity contribution in [2.45, 2.75) is 63.7 Å². The number of nitrogens with zero attached hydrogens (tertiary/aromatic N) is 2. The molecule has 0 bridgehead atoms. The first-order valence-corrected chi connectivity index (χ1v) is 9.28. The standard InChI is InChI=1S/C18H28FN3O2/c1-17(2)10-21(11-17)9-15(23)22-7-6-18(5-3-4-14(18)22)20-16(24)12-8-13(12)19/h12-14H,3-11H2,1-2H3,(H,20,24). The van der Waals surface area contributed by atoms with Gasteiger partial charge >= 0.3 is 0 Å². The molecule has 4 rings (SSSR count). The number of hydrogen-bond acceptors (Lipinski definition) is 3. The van der Waals surface area contributed by atoms with Crippen LogP contribution in [0.1, 0.15) is 46.0 Å². The first kappa shape index (κ1) is 16.3. The van der Waals surface area contributed by atoms with Crippen molar-refractivity contribution in [2.24, 2.45) is 11.3 Å². The Kier molecular flexibility index (Phi) is 3.68. The Morgan fingerprint density at radius 1 is 1.25 bits per heavy atom. The zero-order chi connectivity index (χ0) is 17.1. The molecule has 0 radical (unpaired) electrons. The van der Waals surface area contributed by atoms with E-state index in [1.807, 2.05) is 4.90 Å². The number of likely N-dealkylation sites (tertiary alicyclic amines) is 2. The second-order valence-electron chi connectivity index (χ2n) is 9.06. The second kappa shape index (κ2) is 5.41. The topological polar surface area (TPSA) is 52.7 Å². The molecular weight excluding hydrogens is 309 g/mol. The van der Waals surface area contributed by atoms with Crippen LogP contribution in [0.5, 0.6) is 0 Å². The summed E-state index contributed by atoms with van der Waals surface area (Å²) in [7, 11) is 0. The first-order valence-electron chi connectivity index (χ1n) is 9.28. The monoisotopic (exact) mass is 337 g/mol. The first-order chi connectivity index (χ1) is 11.3. The third-order valence-corrected chi connectivity index (χ3v) is 6.32. The molecule has 4 unspecified atom stereocenters. The lowest BCUT2D eigenvalue weighted by Crippen LogP contribution is -2.58. The molecule has 2 aliphatic carbocycles. The van der Waals surface area contributed by atoms with Crippen LogP contribution in [0.2, 0.25) is 0 Å². The lowest BCUT2D eigenvalue weighted by Gasteiger charge is -2.46. The minimum atomic E-state index is -0.963. The third kappa shape index (κ3) is 2.72. The Balaban J connectivity index is 1.38. The molecule has 0 aromatic heterocycles. The van der Waals surface area contributed by atoms with E-state index in [-0.39, 0.29) is 23.4 Å². The van der Waals surface area contributed by atoms with E-state index < -0.39 is 12.1 Å². The number of hydrogen-bond donors (Lipinski definition) is 1. The summed E-state index contributed by atoms with van der Waals surface area (Å²) in [4.78, 5) is 29.2. The normalized spacial score (nSPS) is 40.1. The molecule has 6 heteroatoms. The molecular formula is C18H28FN3O2. The van der Waals surface area contributed by atoms with E-state index in [0.29, 0.717) is 24.9 Å². The molecule has 4 atom stereocenters. The van der Waals surface area contributed by atoms with Gasteiger partial charge in [0.1, 0.15) is 6.17 Å². The van der Waals surface area contributed by atoms with Gasteiger partial charge in [-0.05, 0) is 37.5 Å². The summed E-state index contributed by atoms with van der Waals surface area (Å²) in [5, 5.41) is 3.14. The van der Waals surface area contributed by atoms with E-state index in [1.54, 1.807) is 0 Å². The number of alkyl halides is 1. The highest BCUT2D eigenvalue weighted by Gasteiger charge is 2.55. The molecule has 0 aromatic carbocycles. The fourth-order valence-electron chi connectivity index (χ4n) is 5.11. The van der Waals surface area contributed by atoms with Gasteiger partial charge in [0.2, 0.25) is 11.8 Å². The maximum absolute atomic E-state index is 13.2. The molecule has 5 nitrogen and oxygen atoms in total. The van der Waals surface area contributed by atoms with Crippen molar-refractivity contribution in [3.63, 3.8) is 0 Å². The van der Waals surface area contributed by atoms with Crippen LogP contribution in [0.25, 0.3) is 0 Å². The van der Waals surface area contributed by atoms with Crippen LogP contribution in [0.3, 0.4) is 0 Å². The van der Waals surface area contributed by atoms with Crippen molar-refractivity contribution in [3.8, 4) is 0 Å². The van der Waals surface area contributed by atoms with E-state index in [2.05, 4.69) is 24.1 Å². The van der Waals surface area contributed by atoms with Gasteiger partial charge in [-0.3, -0.25) is 14.5 Å². The third-order valence-electron chi connectivity index (χ3n) is 6.32. The summed E-state index contributed by atoms with van der Waals surface area (Å²) in [6, 6.07) is 0.0973. The Hall–Kier alpha value is -1.17. The van der Waals surface area contributed by atoms with Gasteiger partial charge in [0.05, 0.1) is 24.0 Å². The summed E-state index contributed by atoms with van der Waals surface area (Å²) in [5.41, 5.74) is 0.0207. The van der Waals surface area contributed by atoms with Crippen LogP contribution < -0.4 is 5.32 Å². The van der Waals surface area contributed by atoms with Crippen LogP contribution in [0.15, 0.2) is 0 Å². The quantitative estimate of drug-likeness (QED) is 0.842. The number of carbonyl (C=O) groups excluding carboxylic acids is 2. The highest BCUT2D eigenvalue weighted by Crippen LogP contribution is 2.43. The predicted octanol–water partition coefficient (Wildman–Crippen LogP) is 1.33. The molecule has 2 aliphatic heterocycles. The van der Waals surface area contributed by atoms with Gasteiger partial charge in [0.15, 0.2) is 0 Å². The van der Waals surface area contributed by atoms with Gasteiger partial charge in [-0.25, -0.2) is 4.39 Å². The molecule has 2 saturated carbocycles. The zero-order valence-corrected chi connectivity index (χ0v) is 14.7. The van der Waals surface area contributed by atoms with E-state index in [9.17, 15) is 14.0 Å². The van der Waals surface area contributed by atoms with Gasteiger partial charge in [0.25, 0.3) is 0 Å². The van der Waals surface area contributed by atoms with Gasteiger partial charge in [-0.2, -0.15) is 0 Å². The molecule has 1 N–H and O–H groups in total. The average molecular weight is 337 g/mol. The average Bonchev–Trinajstić information content (AvgIpc) is 2.90. The molecule has 0 aromatic rings. The fraction of sp³-hybridized carbons (Fsp3) is 0.889. The minimum absolute atomic E-state index is 0.0973. The SMILES string of the molecule is CC1(C)CN(CC(=O)N2CCC3(NC(=O)C4CC4F)CCCC23)C1. The van der Waals surface area contributed by atoms with Crippen molar-refractivity contribution >= 4 is 11.8 Å². The maximum atomic E-state index is 13.2. The molecule has 0 spiro atoms. The predicted molar refractivity (Wildman–Crippen MR) is 88.1 cm³/mol. The van der Waals surface area contributed by atoms with Crippen LogP contribution in [0, 0.1) is 11.3 Å². The van der Waals surface area contributed by atoms with E-state index in [4.69, 9.17) is 0 Å². The van der Waals surface area contributed by atoms with Gasteiger partial charge in [-0.15, -0.1) is 0 Å².